The molecule has 1 aromatic rings. The molecular formula is C17H21ClN2O3. The molecule has 1 aliphatic carbocycles. The summed E-state index contributed by atoms with van der Waals surface area (Å²) < 4.78 is 0. The van der Waals surface area contributed by atoms with Crippen LogP contribution in [0.2, 0.25) is 5.02 Å². The number of halogens is 1. The van der Waals surface area contributed by atoms with Crippen molar-refractivity contribution in [1.29, 1.82) is 0 Å². The number of aliphatic hydroxyl groups excluding tert-OH is 1. The first-order valence-electron chi connectivity index (χ1n) is 7.97. The fourth-order valence-electron chi connectivity index (χ4n) is 3.08. The Bertz CT molecular complexity index is 618. The molecule has 124 valence electrons. The summed E-state index contributed by atoms with van der Waals surface area (Å²) in [6.45, 7) is 0.805. The highest BCUT2D eigenvalue weighted by Crippen LogP contribution is 2.33. The van der Waals surface area contributed by atoms with Gasteiger partial charge in [0.25, 0.3) is 0 Å². The number of amides is 2. The maximum Gasteiger partial charge on any atom is 0.239 e. The van der Waals surface area contributed by atoms with Gasteiger partial charge in [0, 0.05) is 30.8 Å². The number of hydrogen-bond donors (Lipinski definition) is 1. The molecule has 0 radical (unpaired) electrons. The highest BCUT2D eigenvalue weighted by atomic mass is 35.5. The maximum atomic E-state index is 12.6. The largest absolute Gasteiger partial charge is 0.391 e. The van der Waals surface area contributed by atoms with Gasteiger partial charge in [0.15, 0.2) is 0 Å². The molecule has 2 atom stereocenters. The van der Waals surface area contributed by atoms with Gasteiger partial charge in [-0.05, 0) is 43.4 Å². The first kappa shape index (κ1) is 16.3. The molecule has 0 spiro atoms. The summed E-state index contributed by atoms with van der Waals surface area (Å²) in [5, 5.41) is 10.5. The molecule has 0 bridgehead atoms. The second-order valence-corrected chi connectivity index (χ2v) is 6.87. The average molecular weight is 337 g/mol. The Morgan fingerprint density at radius 1 is 1.43 bits per heavy atom. The third kappa shape index (κ3) is 3.51. The van der Waals surface area contributed by atoms with Crippen LogP contribution in [0.5, 0.6) is 0 Å². The Balaban J connectivity index is 1.64. The van der Waals surface area contributed by atoms with E-state index in [2.05, 4.69) is 0 Å². The minimum Gasteiger partial charge on any atom is -0.391 e. The second kappa shape index (κ2) is 6.49. The van der Waals surface area contributed by atoms with Crippen molar-refractivity contribution >= 4 is 29.1 Å². The van der Waals surface area contributed by atoms with Gasteiger partial charge < -0.3 is 14.9 Å². The maximum absolute atomic E-state index is 12.6. The Kier molecular flexibility index (Phi) is 4.60. The SMILES string of the molecule is CN(CC(O)C1CC1)C(=O)C1CCN(c2cccc(Cl)c2)C1=O. The molecule has 5 nitrogen and oxygen atoms in total. The zero-order chi connectivity index (χ0) is 16.6. The van der Waals surface area contributed by atoms with Crippen molar-refractivity contribution in [3.8, 4) is 0 Å². The van der Waals surface area contributed by atoms with Gasteiger partial charge in [-0.25, -0.2) is 0 Å². The monoisotopic (exact) mass is 336 g/mol. The first-order valence-corrected chi connectivity index (χ1v) is 8.35. The van der Waals surface area contributed by atoms with Crippen molar-refractivity contribution < 1.29 is 14.7 Å². The predicted molar refractivity (Wildman–Crippen MR) is 88.3 cm³/mol. The first-order chi connectivity index (χ1) is 11.0. The van der Waals surface area contributed by atoms with E-state index in [0.717, 1.165) is 18.5 Å². The zero-order valence-corrected chi connectivity index (χ0v) is 13.9. The van der Waals surface area contributed by atoms with Crippen molar-refractivity contribution in [2.75, 3.05) is 25.0 Å². The summed E-state index contributed by atoms with van der Waals surface area (Å²) in [6, 6.07) is 7.09. The minimum atomic E-state index is -0.662. The summed E-state index contributed by atoms with van der Waals surface area (Å²) in [7, 11) is 1.66. The van der Waals surface area contributed by atoms with E-state index < -0.39 is 12.0 Å². The molecule has 1 saturated carbocycles. The average Bonchev–Trinajstić information content (AvgIpc) is 3.30. The Labute approximate surface area is 140 Å². The number of likely N-dealkylation sites (N-methyl/N-ethyl adjacent to an activating group) is 1. The van der Waals surface area contributed by atoms with Crippen molar-refractivity contribution in [2.45, 2.75) is 25.4 Å². The molecule has 6 heteroatoms. The topological polar surface area (TPSA) is 60.9 Å². The van der Waals surface area contributed by atoms with Crippen LogP contribution in [-0.2, 0) is 9.59 Å². The Hall–Kier alpha value is -1.59. The van der Waals surface area contributed by atoms with Crippen LogP contribution in [0, 0.1) is 11.8 Å². The lowest BCUT2D eigenvalue weighted by atomic mass is 10.1. The molecule has 23 heavy (non-hydrogen) atoms. The van der Waals surface area contributed by atoms with E-state index in [-0.39, 0.29) is 11.8 Å². The third-order valence-corrected chi connectivity index (χ3v) is 4.86. The number of hydrogen-bond acceptors (Lipinski definition) is 3. The number of aliphatic hydroxyl groups is 1. The summed E-state index contributed by atoms with van der Waals surface area (Å²) in [4.78, 5) is 28.2. The summed E-state index contributed by atoms with van der Waals surface area (Å²) >= 11 is 5.97. The van der Waals surface area contributed by atoms with E-state index in [4.69, 9.17) is 11.6 Å². The van der Waals surface area contributed by atoms with Crippen molar-refractivity contribution in [3.05, 3.63) is 29.3 Å². The van der Waals surface area contributed by atoms with Crippen molar-refractivity contribution in [3.63, 3.8) is 0 Å². The van der Waals surface area contributed by atoms with Crippen LogP contribution in [0.15, 0.2) is 24.3 Å². The number of benzene rings is 1. The van der Waals surface area contributed by atoms with Crippen molar-refractivity contribution in [2.24, 2.45) is 11.8 Å². The standard InChI is InChI=1S/C17H21ClN2O3/c1-19(10-15(21)11-5-6-11)16(22)14-7-8-20(17(14)23)13-4-2-3-12(18)9-13/h2-4,9,11,14-15,21H,5-8,10H2,1H3. The van der Waals surface area contributed by atoms with Crippen LogP contribution in [0.25, 0.3) is 0 Å². The van der Waals surface area contributed by atoms with Gasteiger partial charge >= 0.3 is 0 Å². The Morgan fingerprint density at radius 3 is 2.83 bits per heavy atom. The summed E-state index contributed by atoms with van der Waals surface area (Å²) in [6.07, 6.45) is 2.06. The lowest BCUT2D eigenvalue weighted by Gasteiger charge is -2.23. The van der Waals surface area contributed by atoms with E-state index in [0.29, 0.717) is 30.5 Å². The molecule has 0 aromatic heterocycles. The van der Waals surface area contributed by atoms with E-state index >= 15 is 0 Å². The van der Waals surface area contributed by atoms with E-state index in [1.54, 1.807) is 30.1 Å². The lowest BCUT2D eigenvalue weighted by Crippen LogP contribution is -2.41. The van der Waals surface area contributed by atoms with Gasteiger partial charge in [-0.15, -0.1) is 0 Å². The van der Waals surface area contributed by atoms with E-state index in [9.17, 15) is 14.7 Å². The lowest BCUT2D eigenvalue weighted by molar-refractivity contribution is -0.140. The van der Waals surface area contributed by atoms with Gasteiger partial charge in [0.05, 0.1) is 6.10 Å². The molecule has 2 unspecified atom stereocenters. The third-order valence-electron chi connectivity index (χ3n) is 4.63. The summed E-state index contributed by atoms with van der Waals surface area (Å²) in [5.41, 5.74) is 0.721. The van der Waals surface area contributed by atoms with Gasteiger partial charge in [-0.1, -0.05) is 17.7 Å². The van der Waals surface area contributed by atoms with Gasteiger partial charge in [-0.3, -0.25) is 9.59 Å². The molecule has 2 aliphatic rings. The van der Waals surface area contributed by atoms with Crippen LogP contribution in [0.3, 0.4) is 0 Å². The van der Waals surface area contributed by atoms with Gasteiger partial charge in [-0.2, -0.15) is 0 Å². The van der Waals surface area contributed by atoms with E-state index in [1.165, 1.54) is 4.90 Å². The van der Waals surface area contributed by atoms with Gasteiger partial charge in [0.2, 0.25) is 11.8 Å². The van der Waals surface area contributed by atoms with Gasteiger partial charge in [0.1, 0.15) is 5.92 Å². The molecular weight excluding hydrogens is 316 g/mol. The van der Waals surface area contributed by atoms with Crippen LogP contribution in [0.1, 0.15) is 19.3 Å². The fraction of sp³-hybridized carbons (Fsp3) is 0.529. The molecule has 1 N–H and O–H groups in total. The van der Waals surface area contributed by atoms with Crippen molar-refractivity contribution in [1.82, 2.24) is 4.90 Å². The highest BCUT2D eigenvalue weighted by Gasteiger charge is 2.40. The number of nitrogens with zero attached hydrogens (tertiary/aromatic N) is 2. The van der Waals surface area contributed by atoms with Crippen LogP contribution in [-0.4, -0.2) is 48.1 Å². The fourth-order valence-corrected chi connectivity index (χ4v) is 3.26. The van der Waals surface area contributed by atoms with Crippen LogP contribution < -0.4 is 4.90 Å². The smallest absolute Gasteiger partial charge is 0.239 e. The molecule has 2 amide bonds. The Morgan fingerprint density at radius 2 is 2.17 bits per heavy atom. The second-order valence-electron chi connectivity index (χ2n) is 6.43. The molecule has 1 aliphatic heterocycles. The number of carbonyl (C=O) groups is 2. The quantitative estimate of drug-likeness (QED) is 0.836. The van der Waals surface area contributed by atoms with Crippen LogP contribution in [0.4, 0.5) is 5.69 Å². The summed E-state index contributed by atoms with van der Waals surface area (Å²) in [5.74, 6) is -0.748. The normalized spacial score (nSPS) is 22.3. The number of anilines is 1. The van der Waals surface area contributed by atoms with E-state index in [1.807, 2.05) is 6.07 Å². The minimum absolute atomic E-state index is 0.190. The highest BCUT2D eigenvalue weighted by molar-refractivity contribution is 6.31. The molecule has 3 rings (SSSR count). The predicted octanol–water partition coefficient (Wildman–Crippen LogP) is 1.92. The zero-order valence-electron chi connectivity index (χ0n) is 13.1. The molecule has 2 fully saturated rings. The molecule has 1 saturated heterocycles. The number of carbonyl (C=O) groups excluding carboxylic acids is 2. The molecule has 1 heterocycles. The number of rotatable bonds is 5. The van der Waals surface area contributed by atoms with Crippen LogP contribution >= 0.6 is 11.6 Å². The molecule has 1 aromatic carbocycles.